The van der Waals surface area contributed by atoms with Gasteiger partial charge >= 0.3 is 0 Å². The Morgan fingerprint density at radius 1 is 1.07 bits per heavy atom. The average molecular weight is 415 g/mol. The molecule has 0 aliphatic carbocycles. The number of amides is 2. The summed E-state index contributed by atoms with van der Waals surface area (Å²) in [4.78, 5) is 27.0. The highest BCUT2D eigenvalue weighted by atomic mass is 19.1. The molecule has 2 rings (SSSR count). The number of halogens is 1. The molecule has 30 heavy (non-hydrogen) atoms. The van der Waals surface area contributed by atoms with Gasteiger partial charge in [-0.2, -0.15) is 0 Å². The molecule has 0 spiro atoms. The fourth-order valence-corrected chi connectivity index (χ4v) is 2.91. The molecule has 0 heterocycles. The summed E-state index contributed by atoms with van der Waals surface area (Å²) in [6.45, 7) is 7.32. The second-order valence-corrected chi connectivity index (χ2v) is 7.39. The smallest absolute Gasteiger partial charge is 0.261 e. The highest BCUT2D eigenvalue weighted by molar-refractivity contribution is 5.88. The number of aryl methyl sites for hydroxylation is 1. The van der Waals surface area contributed by atoms with E-state index in [1.807, 2.05) is 38.1 Å². The van der Waals surface area contributed by atoms with Crippen molar-refractivity contribution in [2.24, 2.45) is 0 Å². The van der Waals surface area contributed by atoms with Gasteiger partial charge in [0.25, 0.3) is 5.91 Å². The van der Waals surface area contributed by atoms with Crippen molar-refractivity contribution < 1.29 is 18.7 Å². The van der Waals surface area contributed by atoms with Crippen LogP contribution >= 0.6 is 0 Å². The lowest BCUT2D eigenvalue weighted by Gasteiger charge is -2.29. The zero-order chi connectivity index (χ0) is 22.1. The molecule has 0 saturated carbocycles. The third kappa shape index (κ3) is 6.58. The van der Waals surface area contributed by atoms with E-state index in [1.165, 1.54) is 16.5 Å². The lowest BCUT2D eigenvalue weighted by molar-refractivity contribution is -0.142. The van der Waals surface area contributed by atoms with E-state index >= 15 is 0 Å². The third-order valence-electron chi connectivity index (χ3n) is 5.16. The van der Waals surface area contributed by atoms with Gasteiger partial charge in [0.15, 0.2) is 6.61 Å². The van der Waals surface area contributed by atoms with Crippen molar-refractivity contribution in [2.75, 3.05) is 6.61 Å². The molecule has 0 unspecified atom stereocenters. The molecule has 2 aromatic rings. The maximum absolute atomic E-state index is 14.2. The van der Waals surface area contributed by atoms with Crippen LogP contribution in [0, 0.1) is 5.82 Å². The fourth-order valence-electron chi connectivity index (χ4n) is 2.91. The maximum atomic E-state index is 14.2. The Morgan fingerprint density at radius 2 is 1.73 bits per heavy atom. The van der Waals surface area contributed by atoms with Crippen LogP contribution in [-0.2, 0) is 22.6 Å². The van der Waals surface area contributed by atoms with Crippen LogP contribution in [0.1, 0.15) is 45.2 Å². The Kier molecular flexibility index (Phi) is 8.84. The van der Waals surface area contributed by atoms with Gasteiger partial charge < -0.3 is 15.0 Å². The molecule has 5 nitrogen and oxygen atoms in total. The summed E-state index contributed by atoms with van der Waals surface area (Å²) >= 11 is 0. The Hall–Kier alpha value is -2.89. The molecule has 0 radical (unpaired) electrons. The molecule has 2 aromatic carbocycles. The molecule has 162 valence electrons. The van der Waals surface area contributed by atoms with Crippen LogP contribution in [0.3, 0.4) is 0 Å². The van der Waals surface area contributed by atoms with E-state index < -0.39 is 11.9 Å². The monoisotopic (exact) mass is 414 g/mol. The molecular formula is C24H31FN2O3. The Bertz CT molecular complexity index is 839. The third-order valence-corrected chi connectivity index (χ3v) is 5.16. The summed E-state index contributed by atoms with van der Waals surface area (Å²) in [6, 6.07) is 13.0. The average Bonchev–Trinajstić information content (AvgIpc) is 2.76. The largest absolute Gasteiger partial charge is 0.484 e. The number of carbonyl (C=O) groups excluding carboxylic acids is 2. The Morgan fingerprint density at radius 3 is 2.33 bits per heavy atom. The first kappa shape index (κ1) is 23.4. The molecule has 0 aromatic heterocycles. The topological polar surface area (TPSA) is 58.6 Å². The summed E-state index contributed by atoms with van der Waals surface area (Å²) in [5.41, 5.74) is 1.52. The van der Waals surface area contributed by atoms with E-state index in [2.05, 4.69) is 12.2 Å². The molecule has 0 aliphatic heterocycles. The van der Waals surface area contributed by atoms with Crippen molar-refractivity contribution in [1.29, 1.82) is 0 Å². The van der Waals surface area contributed by atoms with E-state index in [0.29, 0.717) is 11.3 Å². The van der Waals surface area contributed by atoms with Gasteiger partial charge in [-0.3, -0.25) is 9.59 Å². The molecular weight excluding hydrogens is 383 g/mol. The number of nitrogens with one attached hydrogen (secondary N) is 1. The van der Waals surface area contributed by atoms with Crippen LogP contribution in [0.4, 0.5) is 4.39 Å². The van der Waals surface area contributed by atoms with Gasteiger partial charge in [0, 0.05) is 18.2 Å². The van der Waals surface area contributed by atoms with E-state index in [4.69, 9.17) is 4.74 Å². The first-order valence-electron chi connectivity index (χ1n) is 10.4. The van der Waals surface area contributed by atoms with Gasteiger partial charge in [0.05, 0.1) is 0 Å². The van der Waals surface area contributed by atoms with Crippen LogP contribution in [-0.4, -0.2) is 35.4 Å². The van der Waals surface area contributed by atoms with Gasteiger partial charge in [0.1, 0.15) is 17.6 Å². The molecule has 0 fully saturated rings. The maximum Gasteiger partial charge on any atom is 0.261 e. The first-order chi connectivity index (χ1) is 14.3. The minimum atomic E-state index is -0.767. The number of hydrogen-bond acceptors (Lipinski definition) is 3. The molecule has 1 N–H and O–H groups in total. The van der Waals surface area contributed by atoms with Crippen molar-refractivity contribution in [3.63, 3.8) is 0 Å². The number of ether oxygens (including phenoxy) is 1. The molecule has 0 bridgehead atoms. The van der Waals surface area contributed by atoms with E-state index in [0.717, 1.165) is 12.8 Å². The van der Waals surface area contributed by atoms with Crippen LogP contribution in [0.15, 0.2) is 48.5 Å². The zero-order valence-electron chi connectivity index (χ0n) is 18.2. The van der Waals surface area contributed by atoms with Gasteiger partial charge in [-0.25, -0.2) is 4.39 Å². The van der Waals surface area contributed by atoms with E-state index in [-0.39, 0.29) is 31.0 Å². The highest BCUT2D eigenvalue weighted by Gasteiger charge is 2.27. The van der Waals surface area contributed by atoms with E-state index in [9.17, 15) is 14.0 Å². The van der Waals surface area contributed by atoms with Gasteiger partial charge in [-0.1, -0.05) is 44.2 Å². The zero-order valence-corrected chi connectivity index (χ0v) is 18.2. The Balaban J connectivity index is 2.14. The van der Waals surface area contributed by atoms with Crippen LogP contribution in [0.25, 0.3) is 0 Å². The van der Waals surface area contributed by atoms with Crippen molar-refractivity contribution in [1.82, 2.24) is 10.2 Å². The minimum Gasteiger partial charge on any atom is -0.484 e. The standard InChI is InChI=1S/C24H31FN2O3/c1-5-17(3)26-24(29)18(4)27(15-20-9-7-8-10-22(20)25)23(28)16-30-21-13-11-19(6-2)12-14-21/h7-14,17-18H,5-6,15-16H2,1-4H3,(H,26,29)/t17-,18+/m1/s1. The van der Waals surface area contributed by atoms with Crippen LogP contribution < -0.4 is 10.1 Å². The highest BCUT2D eigenvalue weighted by Crippen LogP contribution is 2.16. The summed E-state index contributed by atoms with van der Waals surface area (Å²) < 4.78 is 19.8. The first-order valence-corrected chi connectivity index (χ1v) is 10.4. The second kappa shape index (κ2) is 11.3. The molecule has 2 amide bonds. The van der Waals surface area contributed by atoms with Gasteiger partial charge in [0.2, 0.25) is 5.91 Å². The van der Waals surface area contributed by atoms with E-state index in [1.54, 1.807) is 25.1 Å². The van der Waals surface area contributed by atoms with Crippen LogP contribution in [0.5, 0.6) is 5.75 Å². The predicted octanol–water partition coefficient (Wildman–Crippen LogP) is 4.10. The summed E-state index contributed by atoms with van der Waals surface area (Å²) in [5, 5.41) is 2.88. The summed E-state index contributed by atoms with van der Waals surface area (Å²) in [7, 11) is 0. The minimum absolute atomic E-state index is 0.0151. The number of rotatable bonds is 10. The van der Waals surface area contributed by atoms with Crippen molar-refractivity contribution in [2.45, 2.75) is 59.2 Å². The molecule has 6 heteroatoms. The normalized spacial score (nSPS) is 12.7. The lowest BCUT2D eigenvalue weighted by atomic mass is 10.1. The van der Waals surface area contributed by atoms with Crippen molar-refractivity contribution in [3.8, 4) is 5.75 Å². The number of benzene rings is 2. The number of nitrogens with zero attached hydrogens (tertiary/aromatic N) is 1. The molecule has 0 saturated heterocycles. The quantitative estimate of drug-likeness (QED) is 0.637. The molecule has 0 aliphatic rings. The number of carbonyl (C=O) groups is 2. The lowest BCUT2D eigenvalue weighted by Crippen LogP contribution is -2.50. The van der Waals surface area contributed by atoms with Crippen LogP contribution in [0.2, 0.25) is 0 Å². The van der Waals surface area contributed by atoms with Crippen molar-refractivity contribution >= 4 is 11.8 Å². The van der Waals surface area contributed by atoms with Crippen molar-refractivity contribution in [3.05, 3.63) is 65.5 Å². The molecule has 2 atom stereocenters. The van der Waals surface area contributed by atoms with Gasteiger partial charge in [-0.15, -0.1) is 0 Å². The fraction of sp³-hybridized carbons (Fsp3) is 0.417. The second-order valence-electron chi connectivity index (χ2n) is 7.39. The summed E-state index contributed by atoms with van der Waals surface area (Å²) in [5.74, 6) is -0.505. The van der Waals surface area contributed by atoms with Gasteiger partial charge in [-0.05, 0) is 50.5 Å². The summed E-state index contributed by atoms with van der Waals surface area (Å²) in [6.07, 6.45) is 1.69. The number of hydrogen-bond donors (Lipinski definition) is 1. The Labute approximate surface area is 178 Å². The SMILES string of the molecule is CCc1ccc(OCC(=O)N(Cc2ccccc2F)[C@@H](C)C(=O)N[C@H](C)CC)cc1. The predicted molar refractivity (Wildman–Crippen MR) is 116 cm³/mol.